The number of morpholine rings is 1. The SMILES string of the molecule is O=C(NC[C@@H](O)COc1ccccc1Br)[C@@H]1CNCCO1. The molecule has 116 valence electrons. The minimum Gasteiger partial charge on any atom is -0.490 e. The molecule has 7 heteroatoms. The van der Waals surface area contributed by atoms with E-state index in [2.05, 4.69) is 26.6 Å². The van der Waals surface area contributed by atoms with E-state index in [4.69, 9.17) is 9.47 Å². The lowest BCUT2D eigenvalue weighted by molar-refractivity contribution is -0.134. The van der Waals surface area contributed by atoms with Crippen molar-refractivity contribution in [1.82, 2.24) is 10.6 Å². The van der Waals surface area contributed by atoms with Crippen molar-refractivity contribution in [3.8, 4) is 5.75 Å². The molecule has 0 bridgehead atoms. The Morgan fingerprint density at radius 2 is 2.38 bits per heavy atom. The van der Waals surface area contributed by atoms with Crippen molar-refractivity contribution in [3.63, 3.8) is 0 Å². The van der Waals surface area contributed by atoms with Gasteiger partial charge in [-0.2, -0.15) is 0 Å². The Hall–Kier alpha value is -1.15. The molecule has 1 amide bonds. The van der Waals surface area contributed by atoms with Crippen LogP contribution < -0.4 is 15.4 Å². The topological polar surface area (TPSA) is 79.8 Å². The fourth-order valence-electron chi connectivity index (χ4n) is 1.87. The predicted octanol–water partition coefficient (Wildman–Crippen LogP) is 0.293. The van der Waals surface area contributed by atoms with Crippen molar-refractivity contribution in [1.29, 1.82) is 0 Å². The van der Waals surface area contributed by atoms with Crippen LogP contribution in [-0.4, -0.2) is 56.1 Å². The Morgan fingerprint density at radius 3 is 3.10 bits per heavy atom. The van der Waals surface area contributed by atoms with Crippen LogP contribution in [-0.2, 0) is 9.53 Å². The highest BCUT2D eigenvalue weighted by Crippen LogP contribution is 2.23. The van der Waals surface area contributed by atoms with Crippen LogP contribution in [0.2, 0.25) is 0 Å². The molecule has 0 aliphatic carbocycles. The molecular weight excluding hydrogens is 340 g/mol. The lowest BCUT2D eigenvalue weighted by Crippen LogP contribution is -2.49. The minimum atomic E-state index is -0.780. The number of amides is 1. The monoisotopic (exact) mass is 358 g/mol. The Bertz CT molecular complexity index is 466. The number of para-hydroxylation sites is 1. The van der Waals surface area contributed by atoms with Crippen LogP contribution in [0.5, 0.6) is 5.75 Å². The molecule has 1 fully saturated rings. The molecule has 0 aromatic heterocycles. The molecule has 0 radical (unpaired) electrons. The molecule has 0 unspecified atom stereocenters. The number of carbonyl (C=O) groups excluding carboxylic acids is 1. The van der Waals surface area contributed by atoms with E-state index < -0.39 is 12.2 Å². The van der Waals surface area contributed by atoms with Gasteiger partial charge >= 0.3 is 0 Å². The number of ether oxygens (including phenoxy) is 2. The third-order valence-corrected chi connectivity index (χ3v) is 3.65. The third kappa shape index (κ3) is 5.28. The maximum absolute atomic E-state index is 11.8. The molecule has 6 nitrogen and oxygen atoms in total. The van der Waals surface area contributed by atoms with Gasteiger partial charge in [0.2, 0.25) is 0 Å². The molecular formula is C14H19BrN2O4. The zero-order valence-corrected chi connectivity index (χ0v) is 13.1. The van der Waals surface area contributed by atoms with Crippen LogP contribution >= 0.6 is 15.9 Å². The molecule has 0 saturated carbocycles. The van der Waals surface area contributed by atoms with Gasteiger partial charge in [0.05, 0.1) is 11.1 Å². The normalized spacial score (nSPS) is 19.8. The zero-order valence-electron chi connectivity index (χ0n) is 11.5. The summed E-state index contributed by atoms with van der Waals surface area (Å²) in [6, 6.07) is 7.39. The molecule has 1 saturated heterocycles. The molecule has 1 aliphatic rings. The third-order valence-electron chi connectivity index (χ3n) is 3.00. The van der Waals surface area contributed by atoms with Gasteiger partial charge in [0, 0.05) is 19.6 Å². The molecule has 2 atom stereocenters. The van der Waals surface area contributed by atoms with E-state index in [1.165, 1.54) is 0 Å². The van der Waals surface area contributed by atoms with Gasteiger partial charge in [-0.3, -0.25) is 4.79 Å². The molecule has 0 spiro atoms. The van der Waals surface area contributed by atoms with Gasteiger partial charge in [-0.05, 0) is 28.1 Å². The predicted molar refractivity (Wildman–Crippen MR) is 81.3 cm³/mol. The van der Waals surface area contributed by atoms with E-state index in [1.54, 1.807) is 6.07 Å². The quantitative estimate of drug-likeness (QED) is 0.681. The van der Waals surface area contributed by atoms with Crippen molar-refractivity contribution in [2.75, 3.05) is 32.8 Å². The Kier molecular flexibility index (Phi) is 6.44. The number of carbonyl (C=O) groups is 1. The second kappa shape index (κ2) is 8.33. The highest BCUT2D eigenvalue weighted by molar-refractivity contribution is 9.10. The van der Waals surface area contributed by atoms with Crippen LogP contribution in [0.15, 0.2) is 28.7 Å². The number of hydrogen-bond donors (Lipinski definition) is 3. The number of hydrogen-bond acceptors (Lipinski definition) is 5. The summed E-state index contributed by atoms with van der Waals surface area (Å²) in [6.07, 6.45) is -1.27. The molecule has 21 heavy (non-hydrogen) atoms. The van der Waals surface area contributed by atoms with Gasteiger partial charge in [-0.25, -0.2) is 0 Å². The number of halogens is 1. The molecule has 1 heterocycles. The molecule has 2 rings (SSSR count). The van der Waals surface area contributed by atoms with Gasteiger partial charge < -0.3 is 25.2 Å². The first kappa shape index (κ1) is 16.2. The van der Waals surface area contributed by atoms with E-state index in [1.807, 2.05) is 18.2 Å². The maximum Gasteiger partial charge on any atom is 0.250 e. The summed E-state index contributed by atoms with van der Waals surface area (Å²) >= 11 is 3.36. The van der Waals surface area contributed by atoms with Crippen LogP contribution in [0.4, 0.5) is 0 Å². The average molecular weight is 359 g/mol. The van der Waals surface area contributed by atoms with Crippen molar-refractivity contribution in [3.05, 3.63) is 28.7 Å². The average Bonchev–Trinajstić information content (AvgIpc) is 2.52. The fourth-order valence-corrected chi connectivity index (χ4v) is 2.27. The zero-order chi connectivity index (χ0) is 15.1. The van der Waals surface area contributed by atoms with Crippen molar-refractivity contribution in [2.24, 2.45) is 0 Å². The van der Waals surface area contributed by atoms with E-state index in [-0.39, 0.29) is 19.1 Å². The first-order chi connectivity index (χ1) is 10.2. The minimum absolute atomic E-state index is 0.104. The van der Waals surface area contributed by atoms with Crippen molar-refractivity contribution >= 4 is 21.8 Å². The lowest BCUT2D eigenvalue weighted by atomic mass is 10.2. The first-order valence-corrected chi connectivity index (χ1v) is 7.61. The van der Waals surface area contributed by atoms with Crippen molar-refractivity contribution < 1.29 is 19.4 Å². The molecule has 1 aromatic rings. The van der Waals surface area contributed by atoms with Crippen LogP contribution in [0, 0.1) is 0 Å². The summed E-state index contributed by atoms with van der Waals surface area (Å²) in [4.78, 5) is 11.8. The highest BCUT2D eigenvalue weighted by atomic mass is 79.9. The highest BCUT2D eigenvalue weighted by Gasteiger charge is 2.22. The number of aliphatic hydroxyl groups excluding tert-OH is 1. The van der Waals surface area contributed by atoms with Crippen LogP contribution in [0.1, 0.15) is 0 Å². The molecule has 1 aliphatic heterocycles. The van der Waals surface area contributed by atoms with Gasteiger partial charge in [0.25, 0.3) is 5.91 Å². The second-order valence-electron chi connectivity index (χ2n) is 4.70. The first-order valence-electron chi connectivity index (χ1n) is 6.82. The molecule has 1 aromatic carbocycles. The summed E-state index contributed by atoms with van der Waals surface area (Å²) in [6.45, 7) is 2.00. The second-order valence-corrected chi connectivity index (χ2v) is 5.56. The van der Waals surface area contributed by atoms with Gasteiger partial charge in [-0.15, -0.1) is 0 Å². The fraction of sp³-hybridized carbons (Fsp3) is 0.500. The molecule has 3 N–H and O–H groups in total. The number of aliphatic hydroxyl groups is 1. The summed E-state index contributed by atoms with van der Waals surface area (Å²) in [7, 11) is 0. The standard InChI is InChI=1S/C14H19BrN2O4/c15-11-3-1-2-4-12(11)21-9-10(18)7-17-14(19)13-8-16-5-6-20-13/h1-4,10,13,16,18H,5-9H2,(H,17,19)/t10-,13+/m1/s1. The van der Waals surface area contributed by atoms with E-state index in [0.29, 0.717) is 18.9 Å². The Labute approximate surface area is 131 Å². The van der Waals surface area contributed by atoms with E-state index >= 15 is 0 Å². The van der Waals surface area contributed by atoms with E-state index in [9.17, 15) is 9.90 Å². The van der Waals surface area contributed by atoms with E-state index in [0.717, 1.165) is 11.0 Å². The van der Waals surface area contributed by atoms with Gasteiger partial charge in [0.15, 0.2) is 0 Å². The lowest BCUT2D eigenvalue weighted by Gasteiger charge is -2.23. The Balaban J connectivity index is 1.68. The van der Waals surface area contributed by atoms with Gasteiger partial charge in [0.1, 0.15) is 24.6 Å². The Morgan fingerprint density at radius 1 is 1.57 bits per heavy atom. The number of rotatable bonds is 6. The summed E-state index contributed by atoms with van der Waals surface area (Å²) < 4.78 is 11.6. The van der Waals surface area contributed by atoms with Crippen LogP contribution in [0.3, 0.4) is 0 Å². The largest absolute Gasteiger partial charge is 0.490 e. The summed E-state index contributed by atoms with van der Waals surface area (Å²) in [5.74, 6) is 0.435. The van der Waals surface area contributed by atoms with Crippen LogP contribution in [0.25, 0.3) is 0 Å². The number of nitrogens with one attached hydrogen (secondary N) is 2. The number of benzene rings is 1. The summed E-state index contributed by atoms with van der Waals surface area (Å²) in [5, 5.41) is 15.6. The maximum atomic E-state index is 11.8. The smallest absolute Gasteiger partial charge is 0.250 e. The van der Waals surface area contributed by atoms with Crippen molar-refractivity contribution in [2.45, 2.75) is 12.2 Å². The summed E-state index contributed by atoms with van der Waals surface area (Å²) in [5.41, 5.74) is 0. The van der Waals surface area contributed by atoms with Gasteiger partial charge in [-0.1, -0.05) is 12.1 Å².